The summed E-state index contributed by atoms with van der Waals surface area (Å²) in [4.78, 5) is 10.4. The van der Waals surface area contributed by atoms with Gasteiger partial charge in [-0.05, 0) is 31.4 Å². The molecule has 1 aliphatic rings. The SMILES string of the molecule is Cc1cccc(C2CCCCCN2S(=O)(=O)c2cccc([N+](=O)[O-])c2)c1. The lowest BCUT2D eigenvalue weighted by atomic mass is 10.0. The third kappa shape index (κ3) is 3.78. The monoisotopic (exact) mass is 374 g/mol. The molecular formula is C19H22N2O4S. The number of nitrogens with zero attached hydrogens (tertiary/aromatic N) is 2. The molecule has 0 amide bonds. The third-order valence-corrected chi connectivity index (χ3v) is 6.67. The summed E-state index contributed by atoms with van der Waals surface area (Å²) >= 11 is 0. The predicted molar refractivity (Wildman–Crippen MR) is 99.4 cm³/mol. The Balaban J connectivity index is 2.04. The van der Waals surface area contributed by atoms with E-state index in [1.54, 1.807) is 0 Å². The van der Waals surface area contributed by atoms with Gasteiger partial charge in [-0.3, -0.25) is 10.1 Å². The summed E-state index contributed by atoms with van der Waals surface area (Å²) in [7, 11) is -3.82. The molecule has 1 fully saturated rings. The molecule has 0 saturated carbocycles. The fraction of sp³-hybridized carbons (Fsp3) is 0.368. The predicted octanol–water partition coefficient (Wildman–Crippen LogP) is 4.21. The number of nitro benzene ring substituents is 1. The first-order valence-electron chi connectivity index (χ1n) is 8.72. The second kappa shape index (κ2) is 7.55. The highest BCUT2D eigenvalue weighted by atomic mass is 32.2. The summed E-state index contributed by atoms with van der Waals surface area (Å²) in [6.07, 6.45) is 3.47. The van der Waals surface area contributed by atoms with Crippen molar-refractivity contribution >= 4 is 15.7 Å². The second-order valence-electron chi connectivity index (χ2n) is 6.65. The highest BCUT2D eigenvalue weighted by Crippen LogP contribution is 2.35. The van der Waals surface area contributed by atoms with Crippen molar-refractivity contribution in [1.82, 2.24) is 4.31 Å². The normalized spacial score (nSPS) is 19.0. The molecule has 3 rings (SSSR count). The molecule has 1 aliphatic heterocycles. The molecule has 2 aromatic carbocycles. The summed E-state index contributed by atoms with van der Waals surface area (Å²) in [5, 5.41) is 11.0. The molecule has 0 spiro atoms. The Morgan fingerprint density at radius 2 is 1.85 bits per heavy atom. The third-order valence-electron chi connectivity index (χ3n) is 4.77. The molecule has 0 bridgehead atoms. The summed E-state index contributed by atoms with van der Waals surface area (Å²) < 4.78 is 28.1. The number of non-ortho nitro benzene ring substituents is 1. The first-order chi connectivity index (χ1) is 12.4. The summed E-state index contributed by atoms with van der Waals surface area (Å²) in [6.45, 7) is 2.41. The lowest BCUT2D eigenvalue weighted by Gasteiger charge is -2.29. The van der Waals surface area contributed by atoms with Crippen LogP contribution in [0.15, 0.2) is 53.4 Å². The van der Waals surface area contributed by atoms with Crippen LogP contribution in [0.4, 0.5) is 5.69 Å². The lowest BCUT2D eigenvalue weighted by Crippen LogP contribution is -2.34. The van der Waals surface area contributed by atoms with Crippen molar-refractivity contribution < 1.29 is 13.3 Å². The zero-order valence-electron chi connectivity index (χ0n) is 14.7. The van der Waals surface area contributed by atoms with Crippen LogP contribution >= 0.6 is 0 Å². The molecule has 7 heteroatoms. The smallest absolute Gasteiger partial charge is 0.258 e. The molecule has 1 saturated heterocycles. The molecule has 1 heterocycles. The Morgan fingerprint density at radius 3 is 2.58 bits per heavy atom. The van der Waals surface area contributed by atoms with Crippen molar-refractivity contribution in [2.24, 2.45) is 0 Å². The van der Waals surface area contributed by atoms with E-state index in [0.29, 0.717) is 6.54 Å². The highest BCUT2D eigenvalue weighted by molar-refractivity contribution is 7.89. The largest absolute Gasteiger partial charge is 0.270 e. The average Bonchev–Trinajstić information content (AvgIpc) is 2.88. The minimum absolute atomic E-state index is 0.0220. The second-order valence-corrected chi connectivity index (χ2v) is 8.54. The van der Waals surface area contributed by atoms with E-state index in [9.17, 15) is 18.5 Å². The number of benzene rings is 2. The van der Waals surface area contributed by atoms with E-state index < -0.39 is 14.9 Å². The van der Waals surface area contributed by atoms with Gasteiger partial charge in [0.1, 0.15) is 0 Å². The molecule has 1 atom stereocenters. The minimum atomic E-state index is -3.82. The van der Waals surface area contributed by atoms with Crippen molar-refractivity contribution in [3.8, 4) is 0 Å². The van der Waals surface area contributed by atoms with Gasteiger partial charge in [0.05, 0.1) is 15.9 Å². The van der Waals surface area contributed by atoms with Gasteiger partial charge < -0.3 is 0 Å². The molecular weight excluding hydrogens is 352 g/mol. The fourth-order valence-electron chi connectivity index (χ4n) is 3.47. The van der Waals surface area contributed by atoms with Crippen molar-refractivity contribution in [2.45, 2.75) is 43.5 Å². The number of hydrogen-bond donors (Lipinski definition) is 0. The average molecular weight is 374 g/mol. The Labute approximate surface area is 153 Å². The maximum absolute atomic E-state index is 13.3. The maximum atomic E-state index is 13.3. The Bertz CT molecular complexity index is 911. The van der Waals surface area contributed by atoms with Gasteiger partial charge in [-0.1, -0.05) is 48.7 Å². The first-order valence-corrected chi connectivity index (χ1v) is 10.2. The molecule has 0 radical (unpaired) electrons. The summed E-state index contributed by atoms with van der Waals surface area (Å²) in [6, 6.07) is 13.0. The summed E-state index contributed by atoms with van der Waals surface area (Å²) in [5.74, 6) is 0. The van der Waals surface area contributed by atoms with Crippen molar-refractivity contribution in [1.29, 1.82) is 0 Å². The highest BCUT2D eigenvalue weighted by Gasteiger charge is 2.34. The zero-order valence-corrected chi connectivity index (χ0v) is 15.5. The van der Waals surface area contributed by atoms with Crippen LogP contribution in [0.5, 0.6) is 0 Å². The number of sulfonamides is 1. The van der Waals surface area contributed by atoms with Crippen LogP contribution < -0.4 is 0 Å². The first kappa shape index (κ1) is 18.5. The van der Waals surface area contributed by atoms with Gasteiger partial charge in [0.15, 0.2) is 0 Å². The minimum Gasteiger partial charge on any atom is -0.258 e. The van der Waals surface area contributed by atoms with Crippen molar-refractivity contribution in [2.75, 3.05) is 6.54 Å². The van der Waals surface area contributed by atoms with Gasteiger partial charge in [0, 0.05) is 18.7 Å². The Morgan fingerprint density at radius 1 is 1.08 bits per heavy atom. The van der Waals surface area contributed by atoms with E-state index in [1.807, 2.05) is 31.2 Å². The fourth-order valence-corrected chi connectivity index (χ4v) is 5.20. The van der Waals surface area contributed by atoms with Gasteiger partial charge in [-0.2, -0.15) is 4.31 Å². The van der Waals surface area contributed by atoms with E-state index in [-0.39, 0.29) is 16.6 Å². The topological polar surface area (TPSA) is 80.5 Å². The number of hydrogen-bond acceptors (Lipinski definition) is 4. The van der Waals surface area contributed by atoms with E-state index >= 15 is 0 Å². The van der Waals surface area contributed by atoms with Gasteiger partial charge in [-0.25, -0.2) is 8.42 Å². The number of rotatable bonds is 4. The van der Waals surface area contributed by atoms with Gasteiger partial charge >= 0.3 is 0 Å². The molecule has 0 aliphatic carbocycles. The van der Waals surface area contributed by atoms with Gasteiger partial charge in [-0.15, -0.1) is 0 Å². The molecule has 0 aromatic heterocycles. The molecule has 6 nitrogen and oxygen atoms in total. The van der Waals surface area contributed by atoms with Crippen LogP contribution in [0.1, 0.15) is 42.9 Å². The molecule has 1 unspecified atom stereocenters. The molecule has 138 valence electrons. The zero-order chi connectivity index (χ0) is 18.7. The van der Waals surface area contributed by atoms with Crippen LogP contribution in [-0.2, 0) is 10.0 Å². The number of aryl methyl sites for hydroxylation is 1. The van der Waals surface area contributed by atoms with Crippen molar-refractivity contribution in [3.63, 3.8) is 0 Å². The standard InChI is InChI=1S/C19H22N2O4S/c1-15-7-5-8-16(13-15)19-11-3-2-4-12-20(19)26(24,25)18-10-6-9-17(14-18)21(22)23/h5-10,13-14,19H,2-4,11-12H2,1H3. The molecule has 26 heavy (non-hydrogen) atoms. The van der Waals surface area contributed by atoms with Crippen LogP contribution in [0.3, 0.4) is 0 Å². The molecule has 0 N–H and O–H groups in total. The lowest BCUT2D eigenvalue weighted by molar-refractivity contribution is -0.385. The van der Waals surface area contributed by atoms with Gasteiger partial charge in [0.25, 0.3) is 5.69 Å². The quantitative estimate of drug-likeness (QED) is 0.593. The Kier molecular flexibility index (Phi) is 5.38. The van der Waals surface area contributed by atoms with Crippen LogP contribution in [0.2, 0.25) is 0 Å². The van der Waals surface area contributed by atoms with E-state index in [2.05, 4.69) is 0 Å². The van der Waals surface area contributed by atoms with Crippen LogP contribution in [0, 0.1) is 17.0 Å². The van der Waals surface area contributed by atoms with Gasteiger partial charge in [0.2, 0.25) is 10.0 Å². The molecule has 2 aromatic rings. The summed E-state index contributed by atoms with van der Waals surface area (Å²) in [5.41, 5.74) is 1.84. The van der Waals surface area contributed by atoms with E-state index in [1.165, 1.54) is 22.5 Å². The van der Waals surface area contributed by atoms with E-state index in [4.69, 9.17) is 0 Å². The number of nitro groups is 1. The van der Waals surface area contributed by atoms with Crippen LogP contribution in [0.25, 0.3) is 0 Å². The van der Waals surface area contributed by atoms with Crippen molar-refractivity contribution in [3.05, 3.63) is 69.8 Å². The maximum Gasteiger partial charge on any atom is 0.270 e. The Hall–Kier alpha value is -2.25. The van der Waals surface area contributed by atoms with Crippen LogP contribution in [-0.4, -0.2) is 24.2 Å². The van der Waals surface area contributed by atoms with E-state index in [0.717, 1.165) is 42.9 Å².